The Hall–Kier alpha value is -2.81. The summed E-state index contributed by atoms with van der Waals surface area (Å²) >= 11 is 0. The molecule has 0 unspecified atom stereocenters. The third-order valence-electron chi connectivity index (χ3n) is 4.14. The maximum atomic E-state index is 5.85. The molecule has 0 amide bonds. The third-order valence-corrected chi connectivity index (χ3v) is 4.14. The van der Waals surface area contributed by atoms with Gasteiger partial charge in [0, 0.05) is 32.4 Å². The van der Waals surface area contributed by atoms with Gasteiger partial charge in [0.1, 0.15) is 11.5 Å². The highest BCUT2D eigenvalue weighted by molar-refractivity contribution is 14.0. The monoisotopic (exact) mass is 518 g/mol. The normalized spacial score (nSPS) is 10.7. The molecule has 0 aliphatic heterocycles. The highest BCUT2D eigenvalue weighted by atomic mass is 127. The maximum Gasteiger partial charge on any atom is 0.219 e. The van der Waals surface area contributed by atoms with Crippen LogP contribution >= 0.6 is 24.0 Å². The van der Waals surface area contributed by atoms with Crippen LogP contribution in [0.4, 0.5) is 0 Å². The van der Waals surface area contributed by atoms with Crippen molar-refractivity contribution in [3.05, 3.63) is 84.1 Å². The fourth-order valence-corrected chi connectivity index (χ4v) is 2.70. The number of pyridine rings is 1. The molecule has 2 N–H and O–H groups in total. The minimum absolute atomic E-state index is 0. The van der Waals surface area contributed by atoms with E-state index in [1.165, 1.54) is 5.56 Å². The molecule has 7 heteroatoms. The number of aromatic nitrogens is 1. The molecule has 0 aliphatic carbocycles. The molecular weight excluding hydrogens is 491 g/mol. The van der Waals surface area contributed by atoms with Crippen LogP contribution in [-0.2, 0) is 13.1 Å². The van der Waals surface area contributed by atoms with Gasteiger partial charge >= 0.3 is 0 Å². The smallest absolute Gasteiger partial charge is 0.219 e. The molecule has 6 nitrogen and oxygen atoms in total. The number of guanidine groups is 1. The van der Waals surface area contributed by atoms with Crippen LogP contribution in [0.15, 0.2) is 77.9 Å². The van der Waals surface area contributed by atoms with Gasteiger partial charge in [-0.2, -0.15) is 0 Å². The Bertz CT molecular complexity index is 918. The Morgan fingerprint density at radius 3 is 2.23 bits per heavy atom. The molecule has 158 valence electrons. The zero-order chi connectivity index (χ0) is 20.3. The molecule has 0 fully saturated rings. The van der Waals surface area contributed by atoms with E-state index in [-0.39, 0.29) is 24.0 Å². The number of aliphatic imine (C=N–C) groups is 1. The van der Waals surface area contributed by atoms with E-state index in [9.17, 15) is 0 Å². The van der Waals surface area contributed by atoms with E-state index >= 15 is 0 Å². The lowest BCUT2D eigenvalue weighted by Crippen LogP contribution is -2.36. The van der Waals surface area contributed by atoms with Gasteiger partial charge in [-0.25, -0.2) is 4.98 Å². The van der Waals surface area contributed by atoms with Gasteiger partial charge in [-0.05, 0) is 48.4 Å². The molecule has 3 rings (SSSR count). The first-order valence-corrected chi connectivity index (χ1v) is 9.61. The van der Waals surface area contributed by atoms with Crippen molar-refractivity contribution in [1.29, 1.82) is 0 Å². The number of benzene rings is 2. The largest absolute Gasteiger partial charge is 0.494 e. The summed E-state index contributed by atoms with van der Waals surface area (Å²) < 4.78 is 11.3. The van der Waals surface area contributed by atoms with Crippen LogP contribution < -0.4 is 20.1 Å². The van der Waals surface area contributed by atoms with Gasteiger partial charge in [0.15, 0.2) is 5.96 Å². The Balaban J connectivity index is 0.00000320. The van der Waals surface area contributed by atoms with Crippen molar-refractivity contribution in [1.82, 2.24) is 15.6 Å². The molecule has 0 saturated heterocycles. The van der Waals surface area contributed by atoms with Gasteiger partial charge in [-0.3, -0.25) is 4.99 Å². The summed E-state index contributed by atoms with van der Waals surface area (Å²) in [5.41, 5.74) is 2.24. The van der Waals surface area contributed by atoms with Crippen molar-refractivity contribution in [2.75, 3.05) is 13.7 Å². The lowest BCUT2D eigenvalue weighted by atomic mass is 10.2. The molecule has 30 heavy (non-hydrogen) atoms. The highest BCUT2D eigenvalue weighted by Gasteiger charge is 2.03. The van der Waals surface area contributed by atoms with Crippen LogP contribution in [0.1, 0.15) is 18.1 Å². The first-order valence-electron chi connectivity index (χ1n) is 9.61. The van der Waals surface area contributed by atoms with E-state index < -0.39 is 0 Å². The Labute approximate surface area is 194 Å². The van der Waals surface area contributed by atoms with Gasteiger partial charge in [0.2, 0.25) is 5.88 Å². The third kappa shape index (κ3) is 7.55. The number of hydrogen-bond donors (Lipinski definition) is 2. The van der Waals surface area contributed by atoms with Crippen molar-refractivity contribution in [3.8, 4) is 17.4 Å². The number of rotatable bonds is 8. The van der Waals surface area contributed by atoms with Gasteiger partial charge < -0.3 is 20.1 Å². The van der Waals surface area contributed by atoms with E-state index in [1.54, 1.807) is 13.2 Å². The molecular formula is C23H27IN4O2. The molecule has 0 aliphatic rings. The van der Waals surface area contributed by atoms with Crippen molar-refractivity contribution in [3.63, 3.8) is 0 Å². The predicted octanol–water partition coefficient (Wildman–Crippen LogP) is 4.76. The number of nitrogens with zero attached hydrogens (tertiary/aromatic N) is 2. The van der Waals surface area contributed by atoms with Crippen LogP contribution in [0.2, 0.25) is 0 Å². The Morgan fingerprint density at radius 1 is 0.900 bits per heavy atom. The summed E-state index contributed by atoms with van der Waals surface area (Å²) in [6.45, 7) is 3.92. The molecule has 0 atom stereocenters. The summed E-state index contributed by atoms with van der Waals surface area (Å²) in [5, 5.41) is 6.61. The van der Waals surface area contributed by atoms with Crippen molar-refractivity contribution < 1.29 is 9.47 Å². The second-order valence-electron chi connectivity index (χ2n) is 6.27. The van der Waals surface area contributed by atoms with E-state index in [1.807, 2.05) is 61.5 Å². The summed E-state index contributed by atoms with van der Waals surface area (Å²) in [6, 6.07) is 21.6. The average Bonchev–Trinajstić information content (AvgIpc) is 2.76. The van der Waals surface area contributed by atoms with Crippen LogP contribution in [0, 0.1) is 0 Å². The molecule has 0 saturated carbocycles. The van der Waals surface area contributed by atoms with Gasteiger partial charge in [-0.1, -0.05) is 30.3 Å². The highest BCUT2D eigenvalue weighted by Crippen LogP contribution is 2.23. The van der Waals surface area contributed by atoms with E-state index in [2.05, 4.69) is 32.7 Å². The number of halogens is 1. The topological polar surface area (TPSA) is 67.8 Å². The van der Waals surface area contributed by atoms with E-state index in [0.717, 1.165) is 17.3 Å². The van der Waals surface area contributed by atoms with Gasteiger partial charge in [0.05, 0.1) is 6.61 Å². The fraction of sp³-hybridized carbons (Fsp3) is 0.217. The van der Waals surface area contributed by atoms with E-state index in [0.29, 0.717) is 31.3 Å². The van der Waals surface area contributed by atoms with Gasteiger partial charge in [0.25, 0.3) is 0 Å². The van der Waals surface area contributed by atoms with Crippen LogP contribution in [0.5, 0.6) is 17.4 Å². The molecule has 0 spiro atoms. The second kappa shape index (κ2) is 12.7. The minimum Gasteiger partial charge on any atom is -0.494 e. The quantitative estimate of drug-likeness (QED) is 0.256. The van der Waals surface area contributed by atoms with Crippen molar-refractivity contribution in [2.45, 2.75) is 20.0 Å². The zero-order valence-corrected chi connectivity index (χ0v) is 19.5. The predicted molar refractivity (Wildman–Crippen MR) is 131 cm³/mol. The van der Waals surface area contributed by atoms with Crippen molar-refractivity contribution in [2.24, 2.45) is 4.99 Å². The molecule has 2 aromatic carbocycles. The molecule has 1 aromatic heterocycles. The standard InChI is InChI=1S/C23H26N4O2.HI/c1-3-28-20-9-11-21(12-10-20)29-22-15-19(13-14-25-22)17-27-23(24-2)26-16-18-7-5-4-6-8-18;/h4-15H,3,16-17H2,1-2H3,(H2,24,26,27);1H. The lowest BCUT2D eigenvalue weighted by molar-refractivity contribution is 0.339. The van der Waals surface area contributed by atoms with E-state index in [4.69, 9.17) is 9.47 Å². The molecule has 0 radical (unpaired) electrons. The summed E-state index contributed by atoms with van der Waals surface area (Å²) in [4.78, 5) is 8.56. The number of ether oxygens (including phenoxy) is 2. The first-order chi connectivity index (χ1) is 14.3. The van der Waals surface area contributed by atoms with Gasteiger partial charge in [-0.15, -0.1) is 24.0 Å². The zero-order valence-electron chi connectivity index (χ0n) is 17.2. The second-order valence-corrected chi connectivity index (χ2v) is 6.27. The summed E-state index contributed by atoms with van der Waals surface area (Å²) in [7, 11) is 1.76. The Morgan fingerprint density at radius 2 is 1.57 bits per heavy atom. The maximum absolute atomic E-state index is 5.85. The van der Waals surface area contributed by atoms with Crippen LogP contribution in [-0.4, -0.2) is 24.6 Å². The summed E-state index contributed by atoms with van der Waals surface area (Å²) in [6.07, 6.45) is 1.74. The minimum atomic E-state index is 0. The Kier molecular flexibility index (Phi) is 9.93. The molecule has 1 heterocycles. The fourth-order valence-electron chi connectivity index (χ4n) is 2.70. The van der Waals surface area contributed by atoms with Crippen LogP contribution in [0.25, 0.3) is 0 Å². The summed E-state index contributed by atoms with van der Waals surface area (Å²) in [5.74, 6) is 2.81. The number of hydrogen-bond acceptors (Lipinski definition) is 4. The first kappa shape index (κ1) is 23.5. The van der Waals surface area contributed by atoms with Crippen molar-refractivity contribution >= 4 is 29.9 Å². The SMILES string of the molecule is CCOc1ccc(Oc2cc(CNC(=NC)NCc3ccccc3)ccn2)cc1.I. The molecule has 0 bridgehead atoms. The molecule has 3 aromatic rings. The van der Waals surface area contributed by atoms with Crippen LogP contribution in [0.3, 0.4) is 0 Å². The number of nitrogens with one attached hydrogen (secondary N) is 2. The lowest BCUT2D eigenvalue weighted by Gasteiger charge is -2.12. The average molecular weight is 518 g/mol.